The molecule has 0 saturated carbocycles. The molecule has 0 saturated heterocycles. The molecule has 0 heterocycles. The Balaban J connectivity index is 2.50. The summed E-state index contributed by atoms with van der Waals surface area (Å²) in [4.78, 5) is 0. The highest BCUT2D eigenvalue weighted by Gasteiger charge is 2.20. The second kappa shape index (κ2) is 5.55. The molecule has 100 valence electrons. The van der Waals surface area contributed by atoms with E-state index in [4.69, 9.17) is 16.3 Å². The summed E-state index contributed by atoms with van der Waals surface area (Å²) in [6, 6.07) is 8.32. The molecule has 0 aliphatic rings. The minimum atomic E-state index is -1.33. The van der Waals surface area contributed by atoms with Crippen LogP contribution >= 0.6 is 11.6 Å². The number of rotatable bonds is 3. The number of benzene rings is 2. The molecule has 1 atom stereocenters. The monoisotopic (exact) mass is 284 g/mol. The molecule has 0 fully saturated rings. The van der Waals surface area contributed by atoms with Gasteiger partial charge in [-0.05, 0) is 18.2 Å². The van der Waals surface area contributed by atoms with Gasteiger partial charge in [-0.15, -0.1) is 0 Å². The molecule has 0 radical (unpaired) electrons. The average Bonchev–Trinajstić information content (AvgIpc) is 2.42. The van der Waals surface area contributed by atoms with E-state index in [9.17, 15) is 13.9 Å². The minimum absolute atomic E-state index is 0.189. The number of para-hydroxylation sites is 1. The highest BCUT2D eigenvalue weighted by Crippen LogP contribution is 2.32. The number of halogens is 3. The van der Waals surface area contributed by atoms with E-state index >= 15 is 0 Å². The normalized spacial score (nSPS) is 12.3. The first-order valence-corrected chi connectivity index (χ1v) is 5.87. The predicted octanol–water partition coefficient (Wildman–Crippen LogP) is 3.71. The zero-order chi connectivity index (χ0) is 14.0. The summed E-state index contributed by atoms with van der Waals surface area (Å²) < 4.78 is 32.2. The van der Waals surface area contributed by atoms with Crippen LogP contribution in [0.25, 0.3) is 0 Å². The van der Waals surface area contributed by atoms with Crippen molar-refractivity contribution in [1.82, 2.24) is 0 Å². The summed E-state index contributed by atoms with van der Waals surface area (Å²) in [5.41, 5.74) is 0.164. The summed E-state index contributed by atoms with van der Waals surface area (Å²) in [6.45, 7) is 0. The lowest BCUT2D eigenvalue weighted by Crippen LogP contribution is -2.05. The van der Waals surface area contributed by atoms with Crippen LogP contribution in [-0.2, 0) is 0 Å². The van der Waals surface area contributed by atoms with E-state index in [1.807, 2.05) is 0 Å². The first-order valence-electron chi connectivity index (χ1n) is 5.50. The smallest absolute Gasteiger partial charge is 0.142 e. The van der Waals surface area contributed by atoms with Crippen LogP contribution in [-0.4, -0.2) is 12.2 Å². The van der Waals surface area contributed by atoms with Crippen molar-refractivity contribution in [3.05, 3.63) is 64.2 Å². The number of aliphatic hydroxyl groups is 1. The largest absolute Gasteiger partial charge is 0.496 e. The van der Waals surface area contributed by atoms with Crippen molar-refractivity contribution < 1.29 is 18.6 Å². The van der Waals surface area contributed by atoms with E-state index < -0.39 is 17.7 Å². The van der Waals surface area contributed by atoms with E-state index in [2.05, 4.69) is 0 Å². The first-order chi connectivity index (χ1) is 9.04. The molecule has 2 aromatic rings. The zero-order valence-corrected chi connectivity index (χ0v) is 10.8. The molecule has 0 aliphatic heterocycles. The molecular weight excluding hydrogens is 274 g/mol. The number of hydrogen-bond donors (Lipinski definition) is 1. The fourth-order valence-corrected chi connectivity index (χ4v) is 1.96. The van der Waals surface area contributed by atoms with Crippen LogP contribution in [0.1, 0.15) is 17.2 Å². The van der Waals surface area contributed by atoms with Gasteiger partial charge in [-0.3, -0.25) is 0 Å². The summed E-state index contributed by atoms with van der Waals surface area (Å²) in [7, 11) is 1.43. The average molecular weight is 285 g/mol. The Bertz CT molecular complexity index is 602. The van der Waals surface area contributed by atoms with Crippen LogP contribution in [0.15, 0.2) is 36.4 Å². The molecule has 0 aliphatic carbocycles. The lowest BCUT2D eigenvalue weighted by molar-refractivity contribution is 0.209. The Kier molecular flexibility index (Phi) is 4.02. The SMILES string of the molecule is COc1ccccc1C(O)c1cc(F)c(Cl)cc1F. The van der Waals surface area contributed by atoms with Crippen molar-refractivity contribution >= 4 is 11.6 Å². The van der Waals surface area contributed by atoms with Gasteiger partial charge in [0.25, 0.3) is 0 Å². The fraction of sp³-hybridized carbons (Fsp3) is 0.143. The third-order valence-corrected chi connectivity index (χ3v) is 3.06. The Morgan fingerprint density at radius 3 is 2.47 bits per heavy atom. The van der Waals surface area contributed by atoms with Crippen LogP contribution in [0.3, 0.4) is 0 Å². The van der Waals surface area contributed by atoms with Crippen LogP contribution < -0.4 is 4.74 Å². The quantitative estimate of drug-likeness (QED) is 0.871. The van der Waals surface area contributed by atoms with E-state index in [0.29, 0.717) is 11.3 Å². The summed E-state index contributed by atoms with van der Waals surface area (Å²) in [5.74, 6) is -1.17. The second-order valence-corrected chi connectivity index (χ2v) is 4.34. The van der Waals surface area contributed by atoms with Crippen LogP contribution in [0.2, 0.25) is 5.02 Å². The van der Waals surface area contributed by atoms with E-state index in [1.165, 1.54) is 7.11 Å². The van der Waals surface area contributed by atoms with Gasteiger partial charge in [-0.2, -0.15) is 0 Å². The number of aliphatic hydroxyl groups excluding tert-OH is 1. The molecule has 0 spiro atoms. The molecule has 2 rings (SSSR count). The van der Waals surface area contributed by atoms with Crippen molar-refractivity contribution in [2.75, 3.05) is 7.11 Å². The van der Waals surface area contributed by atoms with Gasteiger partial charge < -0.3 is 9.84 Å². The van der Waals surface area contributed by atoms with Gasteiger partial charge in [0, 0.05) is 11.1 Å². The molecule has 1 unspecified atom stereocenters. The van der Waals surface area contributed by atoms with Crippen LogP contribution in [0.4, 0.5) is 8.78 Å². The molecule has 2 nitrogen and oxygen atoms in total. The maximum Gasteiger partial charge on any atom is 0.142 e. The molecule has 5 heteroatoms. The molecule has 19 heavy (non-hydrogen) atoms. The van der Waals surface area contributed by atoms with E-state index in [1.54, 1.807) is 24.3 Å². The number of ether oxygens (including phenoxy) is 1. The lowest BCUT2D eigenvalue weighted by Gasteiger charge is -2.16. The van der Waals surface area contributed by atoms with Crippen molar-refractivity contribution in [3.8, 4) is 5.75 Å². The van der Waals surface area contributed by atoms with Gasteiger partial charge in [0.2, 0.25) is 0 Å². The van der Waals surface area contributed by atoms with Crippen molar-refractivity contribution in [1.29, 1.82) is 0 Å². The van der Waals surface area contributed by atoms with Gasteiger partial charge in [0.15, 0.2) is 0 Å². The Hall–Kier alpha value is -1.65. The maximum atomic E-state index is 13.8. The van der Waals surface area contributed by atoms with Crippen molar-refractivity contribution in [2.24, 2.45) is 0 Å². The predicted molar refractivity (Wildman–Crippen MR) is 68.4 cm³/mol. The van der Waals surface area contributed by atoms with Crippen LogP contribution in [0.5, 0.6) is 5.75 Å². The number of hydrogen-bond acceptors (Lipinski definition) is 2. The highest BCUT2D eigenvalue weighted by molar-refractivity contribution is 6.30. The Labute approximate surface area is 114 Å². The van der Waals surface area contributed by atoms with E-state index in [0.717, 1.165) is 12.1 Å². The Morgan fingerprint density at radius 1 is 1.11 bits per heavy atom. The van der Waals surface area contributed by atoms with Gasteiger partial charge in [0.05, 0.1) is 12.1 Å². The summed E-state index contributed by atoms with van der Waals surface area (Å²) in [6.07, 6.45) is -1.33. The fourth-order valence-electron chi connectivity index (χ4n) is 1.81. The standard InChI is InChI=1S/C14H11ClF2O2/c1-19-13-5-3-2-4-8(13)14(18)9-6-12(17)10(15)7-11(9)16/h2-7,14,18H,1H3. The Morgan fingerprint density at radius 2 is 1.79 bits per heavy atom. The summed E-state index contributed by atoms with van der Waals surface area (Å²) in [5, 5.41) is 9.84. The second-order valence-electron chi connectivity index (χ2n) is 3.93. The van der Waals surface area contributed by atoms with Crippen molar-refractivity contribution in [3.63, 3.8) is 0 Å². The van der Waals surface area contributed by atoms with Gasteiger partial charge in [-0.25, -0.2) is 8.78 Å². The van der Waals surface area contributed by atoms with E-state index in [-0.39, 0.29) is 10.6 Å². The van der Waals surface area contributed by atoms with Gasteiger partial charge in [0.1, 0.15) is 23.5 Å². The minimum Gasteiger partial charge on any atom is -0.496 e. The molecule has 0 amide bonds. The van der Waals surface area contributed by atoms with Gasteiger partial charge >= 0.3 is 0 Å². The first kappa shape index (κ1) is 13.8. The molecular formula is C14H11ClF2O2. The third kappa shape index (κ3) is 2.69. The van der Waals surface area contributed by atoms with Crippen molar-refractivity contribution in [2.45, 2.75) is 6.10 Å². The van der Waals surface area contributed by atoms with Crippen LogP contribution in [0, 0.1) is 11.6 Å². The highest BCUT2D eigenvalue weighted by atomic mass is 35.5. The molecule has 0 bridgehead atoms. The van der Waals surface area contributed by atoms with Gasteiger partial charge in [-0.1, -0.05) is 29.8 Å². The summed E-state index contributed by atoms with van der Waals surface area (Å²) >= 11 is 5.47. The maximum absolute atomic E-state index is 13.8. The zero-order valence-electron chi connectivity index (χ0n) is 10.0. The molecule has 1 N–H and O–H groups in total. The lowest BCUT2D eigenvalue weighted by atomic mass is 10.00. The number of methoxy groups -OCH3 is 1. The third-order valence-electron chi connectivity index (χ3n) is 2.77. The molecule has 2 aromatic carbocycles. The topological polar surface area (TPSA) is 29.5 Å². The molecule has 0 aromatic heterocycles.